The number of hydrogen-bond acceptors (Lipinski definition) is 4. The summed E-state index contributed by atoms with van der Waals surface area (Å²) in [5, 5.41) is 0. The second-order valence-corrected chi connectivity index (χ2v) is 6.79. The molecule has 1 aromatic heterocycles. The number of nitrogens with zero attached hydrogens (tertiary/aromatic N) is 2. The van der Waals surface area contributed by atoms with Crippen molar-refractivity contribution >= 4 is 17.4 Å². The van der Waals surface area contributed by atoms with Crippen molar-refractivity contribution in [3.63, 3.8) is 0 Å². The number of nitrogens with two attached hydrogens (primary N) is 1. The third-order valence-corrected chi connectivity index (χ3v) is 4.61. The smallest absolute Gasteiger partial charge is 0.330 e. The molecule has 2 aromatic rings. The van der Waals surface area contributed by atoms with Gasteiger partial charge in [0.25, 0.3) is 11.5 Å². The maximum absolute atomic E-state index is 14.2. The van der Waals surface area contributed by atoms with Gasteiger partial charge in [-0.2, -0.15) is 0 Å². The van der Waals surface area contributed by atoms with E-state index in [1.54, 1.807) is 0 Å². The van der Waals surface area contributed by atoms with E-state index in [9.17, 15) is 23.2 Å². The number of halogens is 2. The third kappa shape index (κ3) is 5.10. The second kappa shape index (κ2) is 9.99. The molecule has 0 radical (unpaired) electrons. The average Bonchev–Trinajstić information content (AvgIpc) is 2.68. The number of carbonyl (C=O) groups is 1. The summed E-state index contributed by atoms with van der Waals surface area (Å²) in [6.45, 7) is 4.23. The zero-order valence-corrected chi connectivity index (χ0v) is 16.6. The quantitative estimate of drug-likeness (QED) is 0.623. The van der Waals surface area contributed by atoms with Crippen LogP contribution in [0.5, 0.6) is 0 Å². The van der Waals surface area contributed by atoms with Gasteiger partial charge in [-0.25, -0.2) is 13.6 Å². The molecule has 1 amide bonds. The zero-order chi connectivity index (χ0) is 21.6. The summed E-state index contributed by atoms with van der Waals surface area (Å²) < 4.78 is 29.0. The Labute approximate surface area is 167 Å². The molecule has 0 spiro atoms. The molecule has 2 rings (SSSR count). The first-order valence-corrected chi connectivity index (χ1v) is 9.71. The van der Waals surface area contributed by atoms with Gasteiger partial charge in [-0.3, -0.25) is 19.1 Å². The van der Waals surface area contributed by atoms with Crippen molar-refractivity contribution in [2.75, 3.05) is 17.2 Å². The van der Waals surface area contributed by atoms with E-state index in [4.69, 9.17) is 5.73 Å². The Morgan fingerprint density at radius 1 is 1.14 bits per heavy atom. The molecule has 158 valence electrons. The van der Waals surface area contributed by atoms with Gasteiger partial charge in [0, 0.05) is 13.1 Å². The molecule has 0 saturated carbocycles. The molecule has 0 unspecified atom stereocenters. The largest absolute Gasteiger partial charge is 0.383 e. The summed E-state index contributed by atoms with van der Waals surface area (Å²) in [4.78, 5) is 40.9. The topological polar surface area (TPSA) is 101 Å². The van der Waals surface area contributed by atoms with E-state index in [-0.39, 0.29) is 24.6 Å². The molecule has 0 atom stereocenters. The molecule has 0 bridgehead atoms. The van der Waals surface area contributed by atoms with E-state index in [0.717, 1.165) is 42.4 Å². The minimum absolute atomic E-state index is 0.0713. The number of hydrogen-bond donors (Lipinski definition) is 2. The lowest BCUT2D eigenvalue weighted by Gasteiger charge is -2.25. The predicted molar refractivity (Wildman–Crippen MR) is 108 cm³/mol. The molecule has 0 aliphatic rings. The number of anilines is 2. The van der Waals surface area contributed by atoms with Crippen LogP contribution in [-0.4, -0.2) is 22.0 Å². The molecule has 0 saturated heterocycles. The fraction of sp³-hybridized carbons (Fsp3) is 0.450. The number of aromatic amines is 1. The van der Waals surface area contributed by atoms with E-state index >= 15 is 0 Å². The first-order valence-electron chi connectivity index (χ1n) is 9.71. The van der Waals surface area contributed by atoms with Crippen LogP contribution in [0.25, 0.3) is 0 Å². The van der Waals surface area contributed by atoms with Gasteiger partial charge >= 0.3 is 5.69 Å². The molecule has 0 fully saturated rings. The van der Waals surface area contributed by atoms with Crippen LogP contribution in [0.1, 0.15) is 56.3 Å². The highest BCUT2D eigenvalue weighted by Gasteiger charge is 2.27. The first-order chi connectivity index (χ1) is 13.8. The molecule has 9 heteroatoms. The van der Waals surface area contributed by atoms with Crippen molar-refractivity contribution in [3.8, 4) is 0 Å². The van der Waals surface area contributed by atoms with Gasteiger partial charge in [0.1, 0.15) is 17.5 Å². The van der Waals surface area contributed by atoms with Gasteiger partial charge in [-0.1, -0.05) is 33.1 Å². The highest BCUT2D eigenvalue weighted by atomic mass is 19.1. The molecule has 29 heavy (non-hydrogen) atoms. The standard InChI is InChI=1S/C20H26F2N4O3/c1-3-5-7-11-25(19(28)14-12-13(21)8-9-15(14)22)16-17(23)26(10-6-4-2)20(29)24-18(16)27/h8-9,12H,3-7,10-11,23H2,1-2H3,(H,24,27,29). The Morgan fingerprint density at radius 2 is 1.83 bits per heavy atom. The minimum Gasteiger partial charge on any atom is -0.383 e. The van der Waals surface area contributed by atoms with E-state index in [0.29, 0.717) is 12.8 Å². The number of unbranched alkanes of at least 4 members (excludes halogenated alkanes) is 3. The number of aromatic nitrogens is 2. The van der Waals surface area contributed by atoms with E-state index < -0.39 is 34.4 Å². The summed E-state index contributed by atoms with van der Waals surface area (Å²) in [7, 11) is 0. The third-order valence-electron chi connectivity index (χ3n) is 4.61. The van der Waals surface area contributed by atoms with Crippen molar-refractivity contribution in [1.82, 2.24) is 9.55 Å². The zero-order valence-electron chi connectivity index (χ0n) is 16.6. The molecule has 3 N–H and O–H groups in total. The molecule has 0 aliphatic carbocycles. The SMILES string of the molecule is CCCCCN(C(=O)c1cc(F)ccc1F)c1c(N)n(CCCC)c(=O)[nH]c1=O. The highest BCUT2D eigenvalue weighted by Crippen LogP contribution is 2.22. The van der Waals surface area contributed by atoms with Crippen LogP contribution in [0, 0.1) is 11.6 Å². The van der Waals surface area contributed by atoms with Crippen LogP contribution >= 0.6 is 0 Å². The Kier molecular flexibility index (Phi) is 7.69. The number of benzene rings is 1. The van der Waals surface area contributed by atoms with Crippen molar-refractivity contribution in [2.24, 2.45) is 0 Å². The van der Waals surface area contributed by atoms with Crippen LogP contribution < -0.4 is 21.9 Å². The predicted octanol–water partition coefficient (Wildman–Crippen LogP) is 3.03. The summed E-state index contributed by atoms with van der Waals surface area (Å²) in [6, 6.07) is 2.53. The van der Waals surface area contributed by atoms with Crippen molar-refractivity contribution < 1.29 is 13.6 Å². The Bertz CT molecular complexity index is 985. The number of nitrogen functional groups attached to an aromatic ring is 1. The van der Waals surface area contributed by atoms with Gasteiger partial charge in [0.05, 0.1) is 5.56 Å². The maximum Gasteiger partial charge on any atom is 0.330 e. The van der Waals surface area contributed by atoms with Crippen LogP contribution in [0.2, 0.25) is 0 Å². The minimum atomic E-state index is -0.911. The Hall–Kier alpha value is -2.97. The Balaban J connectivity index is 2.60. The lowest BCUT2D eigenvalue weighted by molar-refractivity contribution is 0.0981. The van der Waals surface area contributed by atoms with Crippen LogP contribution in [0.15, 0.2) is 27.8 Å². The number of carbonyl (C=O) groups excluding carboxylic acids is 1. The lowest BCUT2D eigenvalue weighted by Crippen LogP contribution is -2.42. The molecule has 0 aliphatic heterocycles. The number of amides is 1. The molecule has 7 nitrogen and oxygen atoms in total. The van der Waals surface area contributed by atoms with Gasteiger partial charge in [-0.15, -0.1) is 0 Å². The number of rotatable bonds is 9. The fourth-order valence-electron chi connectivity index (χ4n) is 3.02. The van der Waals surface area contributed by atoms with Crippen LogP contribution in [0.3, 0.4) is 0 Å². The van der Waals surface area contributed by atoms with E-state index in [1.165, 1.54) is 4.57 Å². The van der Waals surface area contributed by atoms with Crippen LogP contribution in [0.4, 0.5) is 20.3 Å². The molecular formula is C20H26F2N4O3. The monoisotopic (exact) mass is 408 g/mol. The van der Waals surface area contributed by atoms with Crippen LogP contribution in [-0.2, 0) is 6.54 Å². The van der Waals surface area contributed by atoms with Gasteiger partial charge < -0.3 is 10.6 Å². The van der Waals surface area contributed by atoms with E-state index in [1.807, 2.05) is 13.8 Å². The molecule has 1 aromatic carbocycles. The normalized spacial score (nSPS) is 10.9. The molecule has 1 heterocycles. The van der Waals surface area contributed by atoms with Crippen molar-refractivity contribution in [2.45, 2.75) is 52.5 Å². The maximum atomic E-state index is 14.2. The number of H-pyrrole nitrogens is 1. The Morgan fingerprint density at radius 3 is 2.48 bits per heavy atom. The van der Waals surface area contributed by atoms with Gasteiger partial charge in [-0.05, 0) is 31.0 Å². The van der Waals surface area contributed by atoms with Gasteiger partial charge in [0.15, 0.2) is 5.69 Å². The average molecular weight is 408 g/mol. The summed E-state index contributed by atoms with van der Waals surface area (Å²) >= 11 is 0. The van der Waals surface area contributed by atoms with E-state index in [2.05, 4.69) is 4.98 Å². The van der Waals surface area contributed by atoms with Crippen molar-refractivity contribution in [1.29, 1.82) is 0 Å². The first kappa shape index (κ1) is 22.3. The lowest BCUT2D eigenvalue weighted by atomic mass is 10.1. The molecular weight excluding hydrogens is 382 g/mol. The fourth-order valence-corrected chi connectivity index (χ4v) is 3.02. The van der Waals surface area contributed by atoms with Gasteiger partial charge in [0.2, 0.25) is 0 Å². The highest BCUT2D eigenvalue weighted by molar-refractivity contribution is 6.07. The summed E-state index contributed by atoms with van der Waals surface area (Å²) in [6.07, 6.45) is 3.54. The number of nitrogens with one attached hydrogen (secondary N) is 1. The summed E-state index contributed by atoms with van der Waals surface area (Å²) in [5.74, 6) is -2.76. The summed E-state index contributed by atoms with van der Waals surface area (Å²) in [5.41, 5.74) is 3.83. The van der Waals surface area contributed by atoms with Crippen molar-refractivity contribution in [3.05, 3.63) is 56.2 Å². The second-order valence-electron chi connectivity index (χ2n) is 6.79.